The molecular formula is C29H37N5O5S. The van der Waals surface area contributed by atoms with Gasteiger partial charge in [-0.05, 0) is 43.9 Å². The Balaban J connectivity index is 1.17. The average Bonchev–Trinajstić information content (AvgIpc) is 3.55. The van der Waals surface area contributed by atoms with E-state index in [4.69, 9.17) is 14.1 Å². The molecule has 2 N–H and O–H groups in total. The molecule has 2 aliphatic rings. The van der Waals surface area contributed by atoms with E-state index in [0.717, 1.165) is 42.3 Å². The number of carbonyl (C=O) groups is 3. The summed E-state index contributed by atoms with van der Waals surface area (Å²) in [7, 11) is 0. The number of aromatic nitrogens is 1. The smallest absolute Gasteiger partial charge is 0.287 e. The third-order valence-electron chi connectivity index (χ3n) is 7.24. The zero-order valence-corrected chi connectivity index (χ0v) is 23.9. The molecular weight excluding hydrogens is 530 g/mol. The number of carbonyl (C=O) groups excluding carboxylic acids is 3. The predicted octanol–water partition coefficient (Wildman–Crippen LogP) is 3.22. The first kappa shape index (κ1) is 28.3. The van der Waals surface area contributed by atoms with Crippen molar-refractivity contribution in [2.24, 2.45) is 5.92 Å². The van der Waals surface area contributed by atoms with Gasteiger partial charge in [0.25, 0.3) is 5.91 Å². The molecule has 0 bridgehead atoms. The van der Waals surface area contributed by atoms with Crippen LogP contribution in [-0.4, -0.2) is 79.0 Å². The topological polar surface area (TPSA) is 117 Å². The highest BCUT2D eigenvalue weighted by Crippen LogP contribution is 2.23. The van der Waals surface area contributed by atoms with Gasteiger partial charge in [0, 0.05) is 30.4 Å². The fourth-order valence-electron chi connectivity index (χ4n) is 5.17. The Hall–Kier alpha value is -3.28. The first-order chi connectivity index (χ1) is 19.4. The van der Waals surface area contributed by atoms with Crippen molar-refractivity contribution in [3.63, 3.8) is 0 Å². The molecule has 3 aromatic rings. The Kier molecular flexibility index (Phi) is 9.13. The van der Waals surface area contributed by atoms with Crippen molar-refractivity contribution in [3.8, 4) is 0 Å². The number of likely N-dealkylation sites (tertiary alicyclic amines) is 1. The van der Waals surface area contributed by atoms with E-state index in [1.54, 1.807) is 23.5 Å². The van der Waals surface area contributed by atoms with Crippen LogP contribution in [0.3, 0.4) is 0 Å². The Labute approximate surface area is 238 Å². The Morgan fingerprint density at radius 1 is 1.18 bits per heavy atom. The van der Waals surface area contributed by atoms with Crippen LogP contribution in [0, 0.1) is 5.92 Å². The highest BCUT2D eigenvalue weighted by atomic mass is 32.1. The monoisotopic (exact) mass is 567 g/mol. The summed E-state index contributed by atoms with van der Waals surface area (Å²) in [4.78, 5) is 48.6. The van der Waals surface area contributed by atoms with E-state index in [1.807, 2.05) is 32.0 Å². The summed E-state index contributed by atoms with van der Waals surface area (Å²) in [6.45, 7) is 8.68. The van der Waals surface area contributed by atoms with Crippen LogP contribution in [0.2, 0.25) is 0 Å². The summed E-state index contributed by atoms with van der Waals surface area (Å²) < 4.78 is 11.1. The van der Waals surface area contributed by atoms with Crippen molar-refractivity contribution in [2.45, 2.75) is 51.7 Å². The van der Waals surface area contributed by atoms with Gasteiger partial charge in [-0.15, -0.1) is 11.3 Å². The van der Waals surface area contributed by atoms with E-state index in [0.29, 0.717) is 38.2 Å². The van der Waals surface area contributed by atoms with E-state index in [-0.39, 0.29) is 29.9 Å². The van der Waals surface area contributed by atoms with E-state index >= 15 is 0 Å². The van der Waals surface area contributed by atoms with Crippen LogP contribution < -0.4 is 15.5 Å². The number of nitrogens with one attached hydrogen (secondary N) is 2. The highest BCUT2D eigenvalue weighted by molar-refractivity contribution is 7.13. The van der Waals surface area contributed by atoms with Crippen LogP contribution in [0.15, 0.2) is 40.1 Å². The van der Waals surface area contributed by atoms with Gasteiger partial charge in [-0.3, -0.25) is 19.3 Å². The minimum atomic E-state index is -0.776. The maximum atomic E-state index is 13.3. The zero-order chi connectivity index (χ0) is 28.1. The standard InChI is InChI=1S/C29H37N5O5S/c1-19(2)14-23(32-28(37)26-15-20-6-3-4-8-25(20)39-26)27(36)31-22-7-5-9-33(17-24(22)35)16-21-18-40-29(30-21)34-10-12-38-13-11-34/h3-4,6,8,15,18-19,22-23H,5,7,9-14,16-17H2,1-2H3,(H,31,36)(H,32,37)/t22-,23?/m0/s1. The van der Waals surface area contributed by atoms with Crippen molar-refractivity contribution >= 4 is 45.0 Å². The second-order valence-electron chi connectivity index (χ2n) is 10.9. The Morgan fingerprint density at radius 2 is 1.98 bits per heavy atom. The SMILES string of the molecule is CC(C)CC(NC(=O)c1cc2ccccc2o1)C(=O)N[C@H]1CCCN(Cc2csc(N3CCOCC3)n2)CC1=O. The molecule has 2 aliphatic heterocycles. The number of ketones is 1. The van der Waals surface area contributed by atoms with Gasteiger partial charge >= 0.3 is 0 Å². The summed E-state index contributed by atoms with van der Waals surface area (Å²) in [6.07, 6.45) is 1.78. The van der Waals surface area contributed by atoms with Crippen LogP contribution in [-0.2, 0) is 20.9 Å². The molecule has 5 rings (SSSR count). The molecule has 214 valence electrons. The lowest BCUT2D eigenvalue weighted by atomic mass is 10.0. The number of fused-ring (bicyclic) bond motifs is 1. The minimum absolute atomic E-state index is 0.0265. The van der Waals surface area contributed by atoms with Crippen LogP contribution in [0.5, 0.6) is 0 Å². The number of amides is 2. The van der Waals surface area contributed by atoms with E-state index in [2.05, 4.69) is 25.8 Å². The molecule has 1 aromatic carbocycles. The number of thiazole rings is 1. The molecule has 2 atom stereocenters. The number of nitrogens with zero attached hydrogens (tertiary/aromatic N) is 3. The van der Waals surface area contributed by atoms with Crippen LogP contribution in [0.25, 0.3) is 11.0 Å². The molecule has 2 fully saturated rings. The number of anilines is 1. The third-order valence-corrected chi connectivity index (χ3v) is 8.19. The van der Waals surface area contributed by atoms with Crippen molar-refractivity contribution in [3.05, 3.63) is 47.2 Å². The number of ether oxygens (including phenoxy) is 1. The molecule has 4 heterocycles. The van der Waals surface area contributed by atoms with Crippen molar-refractivity contribution < 1.29 is 23.5 Å². The second-order valence-corrected chi connectivity index (χ2v) is 11.7. The fraction of sp³-hybridized carbons (Fsp3) is 0.517. The molecule has 40 heavy (non-hydrogen) atoms. The lowest BCUT2D eigenvalue weighted by molar-refractivity contribution is -0.129. The second kappa shape index (κ2) is 12.9. The van der Waals surface area contributed by atoms with Crippen molar-refractivity contribution in [2.75, 3.05) is 44.3 Å². The van der Waals surface area contributed by atoms with Gasteiger partial charge in [-0.2, -0.15) is 0 Å². The molecule has 2 aromatic heterocycles. The molecule has 0 saturated carbocycles. The molecule has 0 spiro atoms. The van der Waals surface area contributed by atoms with Crippen molar-refractivity contribution in [1.82, 2.24) is 20.5 Å². The van der Waals surface area contributed by atoms with E-state index in [1.165, 1.54) is 0 Å². The number of benzene rings is 1. The number of hydrogen-bond acceptors (Lipinski definition) is 9. The summed E-state index contributed by atoms with van der Waals surface area (Å²) in [6, 6.07) is 7.68. The van der Waals surface area contributed by atoms with Gasteiger partial charge in [0.15, 0.2) is 16.7 Å². The fourth-order valence-corrected chi connectivity index (χ4v) is 6.04. The quantitative estimate of drug-likeness (QED) is 0.405. The summed E-state index contributed by atoms with van der Waals surface area (Å²) >= 11 is 1.62. The molecule has 2 saturated heterocycles. The predicted molar refractivity (Wildman–Crippen MR) is 154 cm³/mol. The summed E-state index contributed by atoms with van der Waals surface area (Å²) in [5.74, 6) is -0.508. The summed E-state index contributed by atoms with van der Waals surface area (Å²) in [5.41, 5.74) is 1.56. The van der Waals surface area contributed by atoms with E-state index < -0.39 is 18.0 Å². The lowest BCUT2D eigenvalue weighted by Crippen LogP contribution is -2.52. The van der Waals surface area contributed by atoms with Crippen LogP contribution >= 0.6 is 11.3 Å². The lowest BCUT2D eigenvalue weighted by Gasteiger charge is -2.26. The third kappa shape index (κ3) is 7.07. The van der Waals surface area contributed by atoms with Crippen molar-refractivity contribution in [1.29, 1.82) is 0 Å². The number of furan rings is 1. The normalized spacial score (nSPS) is 19.5. The maximum Gasteiger partial charge on any atom is 0.287 e. The largest absolute Gasteiger partial charge is 0.451 e. The summed E-state index contributed by atoms with van der Waals surface area (Å²) in [5, 5.41) is 9.64. The van der Waals surface area contributed by atoms with Gasteiger partial charge in [0.05, 0.1) is 31.5 Å². The van der Waals surface area contributed by atoms with E-state index in [9.17, 15) is 14.4 Å². The molecule has 1 unspecified atom stereocenters. The average molecular weight is 568 g/mol. The maximum absolute atomic E-state index is 13.3. The molecule has 0 radical (unpaired) electrons. The zero-order valence-electron chi connectivity index (χ0n) is 23.1. The molecule has 2 amide bonds. The van der Waals surface area contributed by atoms with Gasteiger partial charge in [0.2, 0.25) is 5.91 Å². The van der Waals surface area contributed by atoms with Gasteiger partial charge < -0.3 is 24.7 Å². The number of morpholine rings is 1. The highest BCUT2D eigenvalue weighted by Gasteiger charge is 2.31. The number of rotatable bonds is 9. The molecule has 10 nitrogen and oxygen atoms in total. The van der Waals surface area contributed by atoms with Gasteiger partial charge in [-0.1, -0.05) is 32.0 Å². The van der Waals surface area contributed by atoms with Gasteiger partial charge in [-0.25, -0.2) is 4.98 Å². The molecule has 11 heteroatoms. The minimum Gasteiger partial charge on any atom is -0.451 e. The first-order valence-electron chi connectivity index (χ1n) is 14.0. The number of para-hydroxylation sites is 1. The number of hydrogen-bond donors (Lipinski definition) is 2. The Morgan fingerprint density at radius 3 is 2.75 bits per heavy atom. The number of Topliss-reactive ketones (excluding diaryl/α,β-unsaturated/α-hetero) is 1. The first-order valence-corrected chi connectivity index (χ1v) is 14.9. The van der Waals surface area contributed by atoms with Gasteiger partial charge in [0.1, 0.15) is 11.6 Å². The Bertz CT molecular complexity index is 1300. The van der Waals surface area contributed by atoms with Crippen LogP contribution in [0.1, 0.15) is 49.4 Å². The van der Waals surface area contributed by atoms with Crippen LogP contribution in [0.4, 0.5) is 5.13 Å². The molecule has 0 aliphatic carbocycles.